The average molecular weight is 297 g/mol. The summed E-state index contributed by atoms with van der Waals surface area (Å²) in [6.45, 7) is 5.00. The van der Waals surface area contributed by atoms with Crippen molar-refractivity contribution in [2.45, 2.75) is 32.9 Å². The van der Waals surface area contributed by atoms with Gasteiger partial charge in [-0.25, -0.2) is 0 Å². The van der Waals surface area contributed by atoms with Crippen LogP contribution in [0.15, 0.2) is 6.07 Å². The molecule has 1 aliphatic rings. The molecule has 1 unspecified atom stereocenters. The number of carbonyl (C=O) groups is 2. The molecule has 0 bridgehead atoms. The lowest BCUT2D eigenvalue weighted by molar-refractivity contribution is -0.138. The molecule has 6 nitrogen and oxygen atoms in total. The van der Waals surface area contributed by atoms with Gasteiger partial charge in [0.05, 0.1) is 18.2 Å². The molecule has 1 aromatic heterocycles. The summed E-state index contributed by atoms with van der Waals surface area (Å²) in [6, 6.07) is 1.53. The first-order valence-electron chi connectivity index (χ1n) is 6.68. The van der Waals surface area contributed by atoms with E-state index in [4.69, 9.17) is 5.11 Å². The number of aromatic nitrogens is 2. The number of carboxylic acids is 1. The van der Waals surface area contributed by atoms with Crippen LogP contribution in [0, 0.1) is 6.92 Å². The molecule has 1 aromatic rings. The fraction of sp³-hybridized carbons (Fsp3) is 0.615. The second kappa shape index (κ2) is 6.30. The summed E-state index contributed by atoms with van der Waals surface area (Å²) < 4.78 is 1.68. The molecule has 1 N–H and O–H groups in total. The molecule has 7 heteroatoms. The van der Waals surface area contributed by atoms with E-state index in [0.717, 1.165) is 11.4 Å². The zero-order valence-electron chi connectivity index (χ0n) is 11.7. The van der Waals surface area contributed by atoms with Crippen molar-refractivity contribution in [3.05, 3.63) is 17.5 Å². The van der Waals surface area contributed by atoms with E-state index in [1.165, 1.54) is 0 Å². The van der Waals surface area contributed by atoms with Gasteiger partial charge in [-0.3, -0.25) is 14.3 Å². The lowest BCUT2D eigenvalue weighted by atomic mass is 10.1. The molecule has 0 spiro atoms. The maximum Gasteiger partial charge on any atom is 0.305 e. The number of aliphatic carboxylic acids is 1. The van der Waals surface area contributed by atoms with Crippen molar-refractivity contribution in [2.75, 3.05) is 18.1 Å². The van der Waals surface area contributed by atoms with E-state index in [1.54, 1.807) is 27.4 Å². The first kappa shape index (κ1) is 14.9. The Labute approximate surface area is 122 Å². The van der Waals surface area contributed by atoms with E-state index in [2.05, 4.69) is 5.10 Å². The van der Waals surface area contributed by atoms with Gasteiger partial charge in [0.1, 0.15) is 5.69 Å². The quantitative estimate of drug-likeness (QED) is 0.905. The standard InChI is InChI=1S/C13H19N3O3S/c1-3-16-11(6-9(2)14-16)13(19)15-4-5-20-8-10(15)7-12(17)18/h6,10H,3-5,7-8H2,1-2H3,(H,17,18). The van der Waals surface area contributed by atoms with Crippen LogP contribution in [-0.4, -0.2) is 55.8 Å². The number of carboxylic acid groups (broad SMARTS) is 1. The van der Waals surface area contributed by atoms with Crippen molar-refractivity contribution in [3.63, 3.8) is 0 Å². The van der Waals surface area contributed by atoms with E-state index in [9.17, 15) is 9.59 Å². The molecule has 20 heavy (non-hydrogen) atoms. The van der Waals surface area contributed by atoms with Gasteiger partial charge in [-0.15, -0.1) is 0 Å². The minimum atomic E-state index is -0.865. The zero-order valence-corrected chi connectivity index (χ0v) is 12.5. The van der Waals surface area contributed by atoms with E-state index < -0.39 is 5.97 Å². The topological polar surface area (TPSA) is 75.4 Å². The Kier molecular flexibility index (Phi) is 4.69. The first-order chi connectivity index (χ1) is 9.52. The van der Waals surface area contributed by atoms with Crippen molar-refractivity contribution in [2.24, 2.45) is 0 Å². The van der Waals surface area contributed by atoms with Gasteiger partial charge in [0.25, 0.3) is 5.91 Å². The summed E-state index contributed by atoms with van der Waals surface area (Å²) in [7, 11) is 0. The Morgan fingerprint density at radius 2 is 2.30 bits per heavy atom. The number of aryl methyl sites for hydroxylation is 2. The van der Waals surface area contributed by atoms with Gasteiger partial charge in [-0.1, -0.05) is 0 Å². The Balaban J connectivity index is 2.22. The third-order valence-corrected chi connectivity index (χ3v) is 4.41. The molecule has 1 amide bonds. The minimum absolute atomic E-state index is 0.00200. The van der Waals surface area contributed by atoms with E-state index in [1.807, 2.05) is 13.8 Å². The van der Waals surface area contributed by atoms with Gasteiger partial charge in [0.15, 0.2) is 0 Å². The van der Waals surface area contributed by atoms with Crippen LogP contribution >= 0.6 is 11.8 Å². The number of rotatable bonds is 4. The highest BCUT2D eigenvalue weighted by molar-refractivity contribution is 7.99. The Morgan fingerprint density at radius 1 is 1.55 bits per heavy atom. The zero-order chi connectivity index (χ0) is 14.7. The Hall–Kier alpha value is -1.50. The minimum Gasteiger partial charge on any atom is -0.481 e. The van der Waals surface area contributed by atoms with Crippen molar-refractivity contribution >= 4 is 23.6 Å². The maximum atomic E-state index is 12.6. The van der Waals surface area contributed by atoms with Crippen LogP contribution in [0.3, 0.4) is 0 Å². The third-order valence-electron chi connectivity index (χ3n) is 3.32. The number of thioether (sulfide) groups is 1. The van der Waals surface area contributed by atoms with Gasteiger partial charge in [-0.05, 0) is 19.9 Å². The predicted octanol–water partition coefficient (Wildman–Crippen LogP) is 1.24. The second-order valence-electron chi connectivity index (χ2n) is 4.81. The summed E-state index contributed by atoms with van der Waals surface area (Å²) in [6.07, 6.45) is -0.00200. The van der Waals surface area contributed by atoms with Gasteiger partial charge < -0.3 is 10.0 Å². The largest absolute Gasteiger partial charge is 0.481 e. The lowest BCUT2D eigenvalue weighted by Gasteiger charge is -2.34. The molecule has 0 radical (unpaired) electrons. The molecule has 0 saturated carbocycles. The second-order valence-corrected chi connectivity index (χ2v) is 5.96. The molecule has 2 rings (SSSR count). The summed E-state index contributed by atoms with van der Waals surface area (Å²) in [5.74, 6) is 0.549. The number of hydrogen-bond acceptors (Lipinski definition) is 4. The molecule has 1 atom stereocenters. The van der Waals surface area contributed by atoms with E-state index in [-0.39, 0.29) is 18.4 Å². The molecule has 110 valence electrons. The van der Waals surface area contributed by atoms with Crippen LogP contribution in [0.5, 0.6) is 0 Å². The summed E-state index contributed by atoms with van der Waals surface area (Å²) in [4.78, 5) is 25.3. The molecule has 1 fully saturated rings. The lowest BCUT2D eigenvalue weighted by Crippen LogP contribution is -2.47. The van der Waals surface area contributed by atoms with E-state index in [0.29, 0.717) is 24.5 Å². The Bertz CT molecular complexity index is 515. The highest BCUT2D eigenvalue weighted by atomic mass is 32.2. The number of hydrogen-bond donors (Lipinski definition) is 1. The van der Waals surface area contributed by atoms with Crippen LogP contribution in [0.1, 0.15) is 29.5 Å². The maximum absolute atomic E-state index is 12.6. The molecular weight excluding hydrogens is 278 g/mol. The molecule has 0 aromatic carbocycles. The van der Waals surface area contributed by atoms with Gasteiger partial charge in [0, 0.05) is 24.6 Å². The van der Waals surface area contributed by atoms with Gasteiger partial charge >= 0.3 is 5.97 Å². The molecule has 1 aliphatic heterocycles. The summed E-state index contributed by atoms with van der Waals surface area (Å²) in [5, 5.41) is 13.3. The highest BCUT2D eigenvalue weighted by Gasteiger charge is 2.31. The monoisotopic (exact) mass is 297 g/mol. The van der Waals surface area contributed by atoms with E-state index >= 15 is 0 Å². The number of carbonyl (C=O) groups excluding carboxylic acids is 1. The number of amides is 1. The van der Waals surface area contributed by atoms with Gasteiger partial charge in [-0.2, -0.15) is 16.9 Å². The molecule has 2 heterocycles. The van der Waals surface area contributed by atoms with Crippen LogP contribution in [-0.2, 0) is 11.3 Å². The number of nitrogens with zero attached hydrogens (tertiary/aromatic N) is 3. The van der Waals surface area contributed by atoms with Crippen molar-refractivity contribution < 1.29 is 14.7 Å². The summed E-state index contributed by atoms with van der Waals surface area (Å²) in [5.41, 5.74) is 1.35. The van der Waals surface area contributed by atoms with Crippen LogP contribution in [0.2, 0.25) is 0 Å². The molecular formula is C13H19N3O3S. The van der Waals surface area contributed by atoms with Crippen LogP contribution in [0.4, 0.5) is 0 Å². The van der Waals surface area contributed by atoms with Crippen molar-refractivity contribution in [1.29, 1.82) is 0 Å². The summed E-state index contributed by atoms with van der Waals surface area (Å²) >= 11 is 1.70. The third kappa shape index (κ3) is 3.15. The fourth-order valence-electron chi connectivity index (χ4n) is 2.40. The fourth-order valence-corrected chi connectivity index (χ4v) is 3.46. The normalized spacial score (nSPS) is 19.1. The smallest absolute Gasteiger partial charge is 0.305 e. The average Bonchev–Trinajstić information content (AvgIpc) is 2.79. The molecule has 1 saturated heterocycles. The first-order valence-corrected chi connectivity index (χ1v) is 7.83. The van der Waals surface area contributed by atoms with Crippen LogP contribution in [0.25, 0.3) is 0 Å². The van der Waals surface area contributed by atoms with Crippen LogP contribution < -0.4 is 0 Å². The van der Waals surface area contributed by atoms with Crippen molar-refractivity contribution in [3.8, 4) is 0 Å². The van der Waals surface area contributed by atoms with Crippen molar-refractivity contribution in [1.82, 2.24) is 14.7 Å². The van der Waals surface area contributed by atoms with Gasteiger partial charge in [0.2, 0.25) is 0 Å². The molecule has 0 aliphatic carbocycles. The Morgan fingerprint density at radius 3 is 2.95 bits per heavy atom. The predicted molar refractivity (Wildman–Crippen MR) is 77.0 cm³/mol. The highest BCUT2D eigenvalue weighted by Crippen LogP contribution is 2.21. The SMILES string of the molecule is CCn1nc(C)cc1C(=O)N1CCSCC1CC(=O)O.